The molecule has 1 heterocycles. The van der Waals surface area contributed by atoms with Gasteiger partial charge in [0.15, 0.2) is 0 Å². The summed E-state index contributed by atoms with van der Waals surface area (Å²) in [6, 6.07) is 11.3. The SMILES string of the molecule is COCC(=O)N1C[C@H](C)[C@@H](OC)CN(C)C(=O)c2ccc(NC(=O)c3ccc(OC)cc3)cc2OC[C@@H]1C. The Morgan fingerprint density at radius 2 is 1.76 bits per heavy atom. The highest BCUT2D eigenvalue weighted by atomic mass is 16.5. The average molecular weight is 528 g/mol. The molecule has 0 bridgehead atoms. The summed E-state index contributed by atoms with van der Waals surface area (Å²) in [5.41, 5.74) is 1.27. The van der Waals surface area contributed by atoms with Crippen LogP contribution in [0.1, 0.15) is 34.6 Å². The smallest absolute Gasteiger partial charge is 0.257 e. The van der Waals surface area contributed by atoms with E-state index in [0.717, 1.165) is 0 Å². The molecule has 3 rings (SSSR count). The molecule has 2 aromatic carbocycles. The van der Waals surface area contributed by atoms with Crippen molar-refractivity contribution in [2.45, 2.75) is 26.0 Å². The quantitative estimate of drug-likeness (QED) is 0.616. The zero-order valence-electron chi connectivity index (χ0n) is 22.9. The van der Waals surface area contributed by atoms with Gasteiger partial charge in [-0.15, -0.1) is 0 Å². The van der Waals surface area contributed by atoms with Crippen LogP contribution in [0.5, 0.6) is 11.5 Å². The first-order valence-electron chi connectivity index (χ1n) is 12.5. The molecular weight excluding hydrogens is 490 g/mol. The first-order chi connectivity index (χ1) is 18.2. The summed E-state index contributed by atoms with van der Waals surface area (Å²) in [6.45, 7) is 4.71. The number of hydrogen-bond acceptors (Lipinski definition) is 7. The standard InChI is InChI=1S/C28H37N3O7/c1-18-14-31(26(32)17-35-4)19(2)16-38-24-13-21(29-27(33)20-7-10-22(36-5)11-8-20)9-12-23(24)28(34)30(3)15-25(18)37-6/h7-13,18-19,25H,14-17H2,1-6H3,(H,29,33)/t18-,19-,25-/m0/s1. The molecule has 0 saturated heterocycles. The predicted molar refractivity (Wildman–Crippen MR) is 143 cm³/mol. The van der Waals surface area contributed by atoms with Gasteiger partial charge in [0.2, 0.25) is 5.91 Å². The molecule has 0 unspecified atom stereocenters. The highest BCUT2D eigenvalue weighted by Gasteiger charge is 2.30. The van der Waals surface area contributed by atoms with Gasteiger partial charge in [0.05, 0.1) is 24.8 Å². The maximum absolute atomic E-state index is 13.4. The molecule has 1 aliphatic rings. The van der Waals surface area contributed by atoms with Gasteiger partial charge in [0.25, 0.3) is 11.8 Å². The van der Waals surface area contributed by atoms with Gasteiger partial charge >= 0.3 is 0 Å². The zero-order valence-corrected chi connectivity index (χ0v) is 22.9. The minimum Gasteiger partial charge on any atom is -0.497 e. The molecule has 0 radical (unpaired) electrons. The lowest BCUT2D eigenvalue weighted by atomic mass is 10.0. The molecule has 3 atom stereocenters. The Kier molecular flexibility index (Phi) is 10.1. The lowest BCUT2D eigenvalue weighted by Gasteiger charge is -2.36. The third kappa shape index (κ3) is 7.02. The number of rotatable bonds is 6. The first kappa shape index (κ1) is 28.9. The third-order valence-electron chi connectivity index (χ3n) is 6.64. The molecule has 0 aliphatic carbocycles. The largest absolute Gasteiger partial charge is 0.497 e. The van der Waals surface area contributed by atoms with Crippen molar-refractivity contribution in [1.82, 2.24) is 9.80 Å². The number of fused-ring (bicyclic) bond motifs is 1. The number of nitrogens with zero attached hydrogens (tertiary/aromatic N) is 2. The van der Waals surface area contributed by atoms with Gasteiger partial charge in [0, 0.05) is 57.6 Å². The van der Waals surface area contributed by atoms with Crippen LogP contribution in [0.3, 0.4) is 0 Å². The number of ether oxygens (including phenoxy) is 4. The lowest BCUT2D eigenvalue weighted by Crippen LogP contribution is -2.49. The van der Waals surface area contributed by atoms with E-state index in [-0.39, 0.29) is 49.0 Å². The predicted octanol–water partition coefficient (Wildman–Crippen LogP) is 2.93. The number of anilines is 1. The number of likely N-dealkylation sites (N-methyl/N-ethyl adjacent to an activating group) is 1. The molecule has 0 saturated carbocycles. The Morgan fingerprint density at radius 3 is 2.39 bits per heavy atom. The summed E-state index contributed by atoms with van der Waals surface area (Å²) in [5.74, 6) is 0.201. The molecule has 2 aromatic rings. The Labute approximate surface area is 223 Å². The van der Waals surface area contributed by atoms with Gasteiger partial charge in [-0.05, 0) is 43.3 Å². The van der Waals surface area contributed by atoms with E-state index in [4.69, 9.17) is 18.9 Å². The number of nitrogens with one attached hydrogen (secondary N) is 1. The molecule has 0 aromatic heterocycles. The van der Waals surface area contributed by atoms with E-state index in [1.54, 1.807) is 73.5 Å². The van der Waals surface area contributed by atoms with Gasteiger partial charge in [-0.1, -0.05) is 6.92 Å². The van der Waals surface area contributed by atoms with Crippen molar-refractivity contribution in [3.63, 3.8) is 0 Å². The molecule has 10 nitrogen and oxygen atoms in total. The second-order valence-electron chi connectivity index (χ2n) is 9.47. The highest BCUT2D eigenvalue weighted by Crippen LogP contribution is 2.27. The molecule has 38 heavy (non-hydrogen) atoms. The molecule has 0 fully saturated rings. The van der Waals surface area contributed by atoms with Gasteiger partial charge in [-0.3, -0.25) is 14.4 Å². The van der Waals surface area contributed by atoms with Crippen LogP contribution >= 0.6 is 0 Å². The van der Waals surface area contributed by atoms with Gasteiger partial charge in [0.1, 0.15) is 24.7 Å². The monoisotopic (exact) mass is 527 g/mol. The number of hydrogen-bond donors (Lipinski definition) is 1. The second kappa shape index (κ2) is 13.3. The fourth-order valence-electron chi connectivity index (χ4n) is 4.35. The van der Waals surface area contributed by atoms with Crippen molar-refractivity contribution < 1.29 is 33.3 Å². The van der Waals surface area contributed by atoms with Gasteiger partial charge in [-0.25, -0.2) is 0 Å². The Hall–Kier alpha value is -3.63. The van der Waals surface area contributed by atoms with Crippen LogP contribution in [-0.2, 0) is 14.3 Å². The Morgan fingerprint density at radius 1 is 1.05 bits per heavy atom. The maximum atomic E-state index is 13.4. The summed E-state index contributed by atoms with van der Waals surface area (Å²) in [4.78, 5) is 42.3. The van der Waals surface area contributed by atoms with E-state index in [1.165, 1.54) is 7.11 Å². The minimum absolute atomic E-state index is 0.0482. The number of benzene rings is 2. The number of carbonyl (C=O) groups is 3. The van der Waals surface area contributed by atoms with Crippen LogP contribution in [0.15, 0.2) is 42.5 Å². The van der Waals surface area contributed by atoms with E-state index in [2.05, 4.69) is 5.32 Å². The molecule has 1 aliphatic heterocycles. The summed E-state index contributed by atoms with van der Waals surface area (Å²) in [7, 11) is 6.34. The van der Waals surface area contributed by atoms with E-state index in [0.29, 0.717) is 41.4 Å². The first-order valence-corrected chi connectivity index (χ1v) is 12.5. The van der Waals surface area contributed by atoms with E-state index >= 15 is 0 Å². The molecule has 206 valence electrons. The second-order valence-corrected chi connectivity index (χ2v) is 9.47. The number of amides is 3. The van der Waals surface area contributed by atoms with Crippen LogP contribution in [0.25, 0.3) is 0 Å². The normalized spacial score (nSPS) is 20.5. The molecule has 3 amide bonds. The summed E-state index contributed by atoms with van der Waals surface area (Å²) in [6.07, 6.45) is -0.291. The minimum atomic E-state index is -0.314. The third-order valence-corrected chi connectivity index (χ3v) is 6.64. The highest BCUT2D eigenvalue weighted by molar-refractivity contribution is 6.05. The molecule has 1 N–H and O–H groups in total. The molecule has 10 heteroatoms. The average Bonchev–Trinajstić information content (AvgIpc) is 2.92. The van der Waals surface area contributed by atoms with Gasteiger partial charge < -0.3 is 34.1 Å². The van der Waals surface area contributed by atoms with Crippen LogP contribution in [-0.4, -0.2) is 94.3 Å². The van der Waals surface area contributed by atoms with E-state index < -0.39 is 0 Å². The zero-order chi connectivity index (χ0) is 27.8. The van der Waals surface area contributed by atoms with Crippen LogP contribution in [0.4, 0.5) is 5.69 Å². The fourth-order valence-corrected chi connectivity index (χ4v) is 4.35. The van der Waals surface area contributed by atoms with Crippen molar-refractivity contribution in [1.29, 1.82) is 0 Å². The maximum Gasteiger partial charge on any atom is 0.257 e. The Bertz CT molecular complexity index is 1120. The fraction of sp³-hybridized carbons (Fsp3) is 0.464. The van der Waals surface area contributed by atoms with Crippen molar-refractivity contribution in [3.8, 4) is 11.5 Å². The number of methoxy groups -OCH3 is 3. The van der Waals surface area contributed by atoms with E-state index in [9.17, 15) is 14.4 Å². The molecule has 0 spiro atoms. The molecular formula is C28H37N3O7. The summed E-state index contributed by atoms with van der Waals surface area (Å²) in [5, 5.41) is 2.85. The van der Waals surface area contributed by atoms with Crippen molar-refractivity contribution >= 4 is 23.4 Å². The summed E-state index contributed by atoms with van der Waals surface area (Å²) < 4.78 is 22.1. The van der Waals surface area contributed by atoms with E-state index in [1.807, 2.05) is 13.8 Å². The van der Waals surface area contributed by atoms with Crippen molar-refractivity contribution in [2.24, 2.45) is 5.92 Å². The van der Waals surface area contributed by atoms with Crippen molar-refractivity contribution in [3.05, 3.63) is 53.6 Å². The summed E-state index contributed by atoms with van der Waals surface area (Å²) >= 11 is 0. The lowest BCUT2D eigenvalue weighted by molar-refractivity contribution is -0.139. The van der Waals surface area contributed by atoms with Crippen molar-refractivity contribution in [2.75, 3.05) is 60.0 Å². The van der Waals surface area contributed by atoms with Gasteiger partial charge in [-0.2, -0.15) is 0 Å². The van der Waals surface area contributed by atoms with Crippen LogP contribution in [0.2, 0.25) is 0 Å². The van der Waals surface area contributed by atoms with Crippen LogP contribution < -0.4 is 14.8 Å². The number of carbonyl (C=O) groups excluding carboxylic acids is 3. The topological polar surface area (TPSA) is 107 Å². The Balaban J connectivity index is 1.92. The van der Waals surface area contributed by atoms with Crippen LogP contribution in [0, 0.1) is 5.92 Å².